The molecule has 0 aliphatic heterocycles. The van der Waals surface area contributed by atoms with Crippen molar-refractivity contribution in [2.24, 2.45) is 5.92 Å². The predicted molar refractivity (Wildman–Crippen MR) is 141 cm³/mol. The maximum absolute atomic E-state index is 13.7. The summed E-state index contributed by atoms with van der Waals surface area (Å²) in [4.78, 5) is 29.9. The van der Waals surface area contributed by atoms with Crippen molar-refractivity contribution < 1.29 is 9.18 Å². The summed E-state index contributed by atoms with van der Waals surface area (Å²) in [7, 11) is 0. The second-order valence-electron chi connectivity index (χ2n) is 9.17. The Bertz CT molecular complexity index is 1800. The van der Waals surface area contributed by atoms with Crippen LogP contribution in [0.3, 0.4) is 0 Å². The minimum absolute atomic E-state index is 0.0443. The molecule has 0 unspecified atom stereocenters. The van der Waals surface area contributed by atoms with Crippen molar-refractivity contribution in [2.45, 2.75) is 19.3 Å². The van der Waals surface area contributed by atoms with Gasteiger partial charge >= 0.3 is 0 Å². The molecule has 1 saturated carbocycles. The van der Waals surface area contributed by atoms with E-state index in [0.29, 0.717) is 17.0 Å². The second kappa shape index (κ2) is 8.59. The molecule has 6 heterocycles. The van der Waals surface area contributed by atoms with Crippen LogP contribution in [0.4, 0.5) is 10.1 Å². The lowest BCUT2D eigenvalue weighted by Crippen LogP contribution is -2.28. The summed E-state index contributed by atoms with van der Waals surface area (Å²) in [5, 5.41) is 12.1. The fraction of sp³-hybridized carbons (Fsp3) is 0.148. The highest BCUT2D eigenvalue weighted by Gasteiger charge is 2.25. The predicted octanol–water partition coefficient (Wildman–Crippen LogP) is 6.17. The average molecular weight is 510 g/mol. The van der Waals surface area contributed by atoms with Gasteiger partial charge in [-0.2, -0.15) is 9.49 Å². The molecule has 6 aromatic rings. The lowest BCUT2D eigenvalue weighted by atomic mass is 9.85. The number of H-pyrrole nitrogens is 2. The van der Waals surface area contributed by atoms with E-state index in [0.717, 1.165) is 74.3 Å². The van der Waals surface area contributed by atoms with Crippen molar-refractivity contribution in [1.82, 2.24) is 30.1 Å². The average Bonchev–Trinajstić information content (AvgIpc) is 3.60. The molecule has 1 aliphatic carbocycles. The standard InChI is InChI=1S/C27H20FN7OS/c28-24-5-4-23(37-24)17-6-7-30-26-18(17)9-21(33-26)25-19-10-20(31-13-22(19)34-35-25)15-8-16(12-29-11-15)32-27(36)14-2-1-3-14/h4-14H,1-3H2,(H,30,33)(H,32,36)(H,34,35). The third-order valence-corrected chi connectivity index (χ3v) is 7.76. The molecule has 0 radical (unpaired) electrons. The van der Waals surface area contributed by atoms with E-state index in [4.69, 9.17) is 0 Å². The molecule has 0 spiro atoms. The number of aromatic nitrogens is 6. The van der Waals surface area contributed by atoms with E-state index in [1.165, 1.54) is 6.07 Å². The first-order valence-corrected chi connectivity index (χ1v) is 12.8. The van der Waals surface area contributed by atoms with E-state index in [-0.39, 0.29) is 17.0 Å². The Kier molecular flexibility index (Phi) is 5.07. The van der Waals surface area contributed by atoms with Crippen LogP contribution in [0, 0.1) is 11.0 Å². The number of aromatic amines is 2. The van der Waals surface area contributed by atoms with E-state index in [9.17, 15) is 9.18 Å². The highest BCUT2D eigenvalue weighted by molar-refractivity contribution is 7.14. The number of anilines is 1. The van der Waals surface area contributed by atoms with Gasteiger partial charge in [-0.3, -0.25) is 19.9 Å². The largest absolute Gasteiger partial charge is 0.338 e. The molecule has 1 aliphatic rings. The molecule has 1 amide bonds. The lowest BCUT2D eigenvalue weighted by Gasteiger charge is -2.24. The van der Waals surface area contributed by atoms with Crippen molar-refractivity contribution in [3.05, 3.63) is 66.3 Å². The van der Waals surface area contributed by atoms with E-state index >= 15 is 0 Å². The van der Waals surface area contributed by atoms with Crippen molar-refractivity contribution in [2.75, 3.05) is 5.32 Å². The minimum atomic E-state index is -0.227. The third-order valence-electron chi connectivity index (χ3n) is 6.85. The quantitative estimate of drug-likeness (QED) is 0.257. The summed E-state index contributed by atoms with van der Waals surface area (Å²) in [5.41, 5.74) is 6.07. The number of fused-ring (bicyclic) bond motifs is 2. The normalized spacial score (nSPS) is 13.8. The van der Waals surface area contributed by atoms with Gasteiger partial charge in [-0.25, -0.2) is 4.98 Å². The third kappa shape index (κ3) is 3.86. The van der Waals surface area contributed by atoms with Crippen molar-refractivity contribution in [3.8, 4) is 33.1 Å². The van der Waals surface area contributed by atoms with Crippen LogP contribution in [0.1, 0.15) is 19.3 Å². The zero-order chi connectivity index (χ0) is 24.9. The Labute approximate surface area is 214 Å². The van der Waals surface area contributed by atoms with Gasteiger partial charge < -0.3 is 10.3 Å². The maximum atomic E-state index is 13.7. The topological polar surface area (TPSA) is 112 Å². The van der Waals surface area contributed by atoms with Gasteiger partial charge in [0.25, 0.3) is 0 Å². The molecule has 6 aromatic heterocycles. The van der Waals surface area contributed by atoms with Crippen molar-refractivity contribution in [1.29, 1.82) is 0 Å². The Balaban J connectivity index is 1.26. The fourth-order valence-corrected chi connectivity index (χ4v) is 5.44. The molecule has 10 heteroatoms. The summed E-state index contributed by atoms with van der Waals surface area (Å²) in [6, 6.07) is 11.0. The Morgan fingerprint density at radius 3 is 2.78 bits per heavy atom. The summed E-state index contributed by atoms with van der Waals surface area (Å²) in [6.45, 7) is 0. The Morgan fingerprint density at radius 2 is 1.97 bits per heavy atom. The zero-order valence-corrected chi connectivity index (χ0v) is 20.3. The van der Waals surface area contributed by atoms with Gasteiger partial charge in [0.1, 0.15) is 11.3 Å². The van der Waals surface area contributed by atoms with Gasteiger partial charge in [-0.1, -0.05) is 6.42 Å². The summed E-state index contributed by atoms with van der Waals surface area (Å²) < 4.78 is 13.7. The minimum Gasteiger partial charge on any atom is -0.338 e. The van der Waals surface area contributed by atoms with Crippen LogP contribution in [-0.2, 0) is 4.79 Å². The molecule has 0 atom stereocenters. The van der Waals surface area contributed by atoms with Gasteiger partial charge in [-0.15, -0.1) is 11.3 Å². The Hall–Kier alpha value is -4.44. The van der Waals surface area contributed by atoms with E-state index < -0.39 is 0 Å². The molecule has 37 heavy (non-hydrogen) atoms. The number of pyridine rings is 3. The molecule has 0 bridgehead atoms. The van der Waals surface area contributed by atoms with Gasteiger partial charge in [0, 0.05) is 45.1 Å². The number of thiophene rings is 1. The molecule has 1 fully saturated rings. The number of nitrogens with zero attached hydrogens (tertiary/aromatic N) is 4. The molecule has 182 valence electrons. The zero-order valence-electron chi connectivity index (χ0n) is 19.5. The van der Waals surface area contributed by atoms with Gasteiger partial charge in [-0.05, 0) is 49.2 Å². The van der Waals surface area contributed by atoms with E-state index in [1.807, 2.05) is 24.3 Å². The fourth-order valence-electron chi connectivity index (χ4n) is 4.67. The summed E-state index contributed by atoms with van der Waals surface area (Å²) in [6.07, 6.45) is 9.81. The number of rotatable bonds is 5. The van der Waals surface area contributed by atoms with E-state index in [2.05, 4.69) is 35.5 Å². The number of carbonyl (C=O) groups excluding carboxylic acids is 1. The Morgan fingerprint density at radius 1 is 1.05 bits per heavy atom. The lowest BCUT2D eigenvalue weighted by molar-refractivity contribution is -0.122. The van der Waals surface area contributed by atoms with E-state index in [1.54, 1.807) is 30.9 Å². The van der Waals surface area contributed by atoms with Crippen LogP contribution < -0.4 is 5.32 Å². The van der Waals surface area contributed by atoms with Gasteiger partial charge in [0.05, 0.1) is 35.0 Å². The second-order valence-corrected chi connectivity index (χ2v) is 10.2. The van der Waals surface area contributed by atoms with Crippen molar-refractivity contribution in [3.63, 3.8) is 0 Å². The molecule has 0 saturated heterocycles. The highest BCUT2D eigenvalue weighted by atomic mass is 32.1. The number of halogens is 1. The molecular weight excluding hydrogens is 489 g/mol. The molecule has 3 N–H and O–H groups in total. The summed E-state index contributed by atoms with van der Waals surface area (Å²) in [5.74, 6) is 0.139. The number of carbonyl (C=O) groups is 1. The molecule has 8 nitrogen and oxygen atoms in total. The van der Waals surface area contributed by atoms with Gasteiger partial charge in [0.15, 0.2) is 5.13 Å². The monoisotopic (exact) mass is 509 g/mol. The number of nitrogens with one attached hydrogen (secondary N) is 3. The number of hydrogen-bond acceptors (Lipinski definition) is 6. The van der Waals surface area contributed by atoms with Crippen LogP contribution in [0.5, 0.6) is 0 Å². The number of hydrogen-bond donors (Lipinski definition) is 3. The van der Waals surface area contributed by atoms with Crippen LogP contribution in [-0.4, -0.2) is 36.0 Å². The van der Waals surface area contributed by atoms with Crippen molar-refractivity contribution >= 4 is 44.9 Å². The first-order valence-electron chi connectivity index (χ1n) is 12.0. The van der Waals surface area contributed by atoms with Crippen LogP contribution >= 0.6 is 11.3 Å². The molecule has 0 aromatic carbocycles. The molecule has 7 rings (SSSR count). The molecular formula is C27H20FN7OS. The maximum Gasteiger partial charge on any atom is 0.227 e. The van der Waals surface area contributed by atoms with Crippen LogP contribution in [0.15, 0.2) is 61.2 Å². The summed E-state index contributed by atoms with van der Waals surface area (Å²) >= 11 is 1.10. The van der Waals surface area contributed by atoms with Crippen LogP contribution in [0.25, 0.3) is 55.0 Å². The first kappa shape index (κ1) is 21.8. The smallest absolute Gasteiger partial charge is 0.227 e. The highest BCUT2D eigenvalue weighted by Crippen LogP contribution is 2.36. The first-order chi connectivity index (χ1) is 18.1. The van der Waals surface area contributed by atoms with Gasteiger partial charge in [0.2, 0.25) is 5.91 Å². The van der Waals surface area contributed by atoms with Crippen LogP contribution in [0.2, 0.25) is 0 Å². The SMILES string of the molecule is O=C(Nc1cncc(-c2cc3c(-c4cc5c(-c6ccc(F)s6)ccnc5[nH]4)n[nH]c3cn2)c1)C1CCC1. The number of amides is 1.